The molecule has 11 heteroatoms. The topological polar surface area (TPSA) is 77.1 Å². The molecule has 2 aromatic rings. The quantitative estimate of drug-likeness (QED) is 0.228. The minimum atomic E-state index is -0.372. The van der Waals surface area contributed by atoms with E-state index in [1.807, 2.05) is 0 Å². The molecule has 2 amide bonds. The third kappa shape index (κ3) is 6.73. The molecule has 1 saturated heterocycles. The van der Waals surface area contributed by atoms with Crippen molar-refractivity contribution in [1.82, 2.24) is 4.90 Å². The van der Waals surface area contributed by atoms with Gasteiger partial charge in [0.25, 0.3) is 11.8 Å². The number of halogens is 2. The SMILES string of the molecule is COCCCN1C(=O)/C(=C/c2cc(Br)c(OCC(=O)Nc3ccccc3Cl)c(OC)c2)SC1=S. The highest BCUT2D eigenvalue weighted by Crippen LogP contribution is 2.39. The molecule has 7 nitrogen and oxygen atoms in total. The Kier molecular flexibility index (Phi) is 9.78. The molecule has 0 atom stereocenters. The van der Waals surface area contributed by atoms with Gasteiger partial charge in [0.05, 0.1) is 27.2 Å². The molecule has 3 rings (SSSR count). The van der Waals surface area contributed by atoms with Crippen molar-refractivity contribution in [2.75, 3.05) is 39.3 Å². The Morgan fingerprint density at radius 3 is 2.76 bits per heavy atom. The van der Waals surface area contributed by atoms with Crippen LogP contribution >= 0.6 is 51.5 Å². The van der Waals surface area contributed by atoms with Crippen LogP contribution in [-0.2, 0) is 14.3 Å². The molecule has 0 radical (unpaired) electrons. The average Bonchev–Trinajstić information content (AvgIpc) is 3.07. The Hall–Kier alpha value is -2.11. The lowest BCUT2D eigenvalue weighted by molar-refractivity contribution is -0.122. The van der Waals surface area contributed by atoms with Crippen LogP contribution in [0.4, 0.5) is 5.69 Å². The summed E-state index contributed by atoms with van der Waals surface area (Å²) in [6.45, 7) is 0.809. The van der Waals surface area contributed by atoms with E-state index in [0.29, 0.717) is 61.0 Å². The van der Waals surface area contributed by atoms with E-state index in [1.54, 1.807) is 54.5 Å². The molecule has 1 fully saturated rings. The third-order valence-corrected chi connectivity index (χ3v) is 6.95. The second-order valence-electron chi connectivity index (χ2n) is 7.03. The molecule has 180 valence electrons. The van der Waals surface area contributed by atoms with Gasteiger partial charge in [0.15, 0.2) is 18.1 Å². The summed E-state index contributed by atoms with van der Waals surface area (Å²) < 4.78 is 17.3. The van der Waals surface area contributed by atoms with Gasteiger partial charge in [-0.3, -0.25) is 14.5 Å². The van der Waals surface area contributed by atoms with Gasteiger partial charge in [-0.25, -0.2) is 0 Å². The number of carbonyl (C=O) groups excluding carboxylic acids is 2. The number of amides is 2. The van der Waals surface area contributed by atoms with E-state index in [0.717, 1.165) is 0 Å². The van der Waals surface area contributed by atoms with Crippen molar-refractivity contribution in [3.63, 3.8) is 0 Å². The van der Waals surface area contributed by atoms with Crippen LogP contribution in [0.25, 0.3) is 6.08 Å². The summed E-state index contributed by atoms with van der Waals surface area (Å²) in [5.74, 6) is 0.254. The molecule has 1 aliphatic heterocycles. The molecule has 1 heterocycles. The molecule has 0 aromatic heterocycles. The number of hydrogen-bond acceptors (Lipinski definition) is 7. The van der Waals surface area contributed by atoms with E-state index >= 15 is 0 Å². The van der Waals surface area contributed by atoms with Gasteiger partial charge in [0.2, 0.25) is 0 Å². The molecule has 1 aliphatic rings. The number of methoxy groups -OCH3 is 2. The molecule has 0 saturated carbocycles. The Balaban J connectivity index is 1.71. The number of carbonyl (C=O) groups is 2. The largest absolute Gasteiger partial charge is 0.493 e. The van der Waals surface area contributed by atoms with Crippen LogP contribution in [0, 0.1) is 0 Å². The molecule has 2 aromatic carbocycles. The molecular weight excluding hydrogens is 564 g/mol. The average molecular weight is 586 g/mol. The van der Waals surface area contributed by atoms with E-state index in [2.05, 4.69) is 21.2 Å². The van der Waals surface area contributed by atoms with Crippen LogP contribution in [-0.4, -0.2) is 55.0 Å². The lowest BCUT2D eigenvalue weighted by atomic mass is 10.2. The van der Waals surface area contributed by atoms with Crippen molar-refractivity contribution in [3.8, 4) is 11.5 Å². The lowest BCUT2D eigenvalue weighted by Gasteiger charge is -2.14. The lowest BCUT2D eigenvalue weighted by Crippen LogP contribution is -2.29. The second kappa shape index (κ2) is 12.6. The van der Waals surface area contributed by atoms with Gasteiger partial charge in [0, 0.05) is 20.3 Å². The molecule has 1 N–H and O–H groups in total. The number of ether oxygens (including phenoxy) is 3. The fourth-order valence-corrected chi connectivity index (χ4v) is 5.13. The van der Waals surface area contributed by atoms with Crippen molar-refractivity contribution in [2.24, 2.45) is 0 Å². The number of rotatable bonds is 10. The van der Waals surface area contributed by atoms with Gasteiger partial charge in [-0.2, -0.15) is 0 Å². The maximum Gasteiger partial charge on any atom is 0.266 e. The van der Waals surface area contributed by atoms with E-state index < -0.39 is 0 Å². The summed E-state index contributed by atoms with van der Waals surface area (Å²) >= 11 is 16.2. The summed E-state index contributed by atoms with van der Waals surface area (Å²) in [4.78, 5) is 27.2. The molecule has 0 bridgehead atoms. The standard InChI is InChI=1S/C23H22BrClN2O5S2/c1-30-9-5-8-27-22(29)19(34-23(27)33)12-14-10-15(24)21(18(11-14)31-2)32-13-20(28)26-17-7-4-3-6-16(17)25/h3-4,6-7,10-12H,5,8-9,13H2,1-2H3,(H,26,28)/b19-12-. The van der Waals surface area contributed by atoms with E-state index in [1.165, 1.54) is 18.9 Å². The predicted octanol–water partition coefficient (Wildman–Crippen LogP) is 5.37. The van der Waals surface area contributed by atoms with Crippen molar-refractivity contribution in [1.29, 1.82) is 0 Å². The number of nitrogens with one attached hydrogen (secondary N) is 1. The monoisotopic (exact) mass is 584 g/mol. The van der Waals surface area contributed by atoms with Crippen molar-refractivity contribution < 1.29 is 23.8 Å². The zero-order valence-corrected chi connectivity index (χ0v) is 22.4. The minimum absolute atomic E-state index is 0.141. The number of para-hydroxylation sites is 1. The maximum atomic E-state index is 12.8. The number of anilines is 1. The van der Waals surface area contributed by atoms with Gasteiger partial charge in [-0.05, 0) is 58.3 Å². The second-order valence-corrected chi connectivity index (χ2v) is 9.97. The molecule has 0 aliphatic carbocycles. The first kappa shape index (κ1) is 26.5. The van der Waals surface area contributed by atoms with Crippen molar-refractivity contribution in [3.05, 3.63) is 56.4 Å². The molecule has 0 spiro atoms. The Morgan fingerprint density at radius 1 is 1.29 bits per heavy atom. The maximum absolute atomic E-state index is 12.8. The summed E-state index contributed by atoms with van der Waals surface area (Å²) in [6, 6.07) is 10.4. The molecular formula is C23H22BrClN2O5S2. The first-order chi connectivity index (χ1) is 16.3. The highest BCUT2D eigenvalue weighted by molar-refractivity contribution is 9.10. The van der Waals surface area contributed by atoms with Crippen LogP contribution < -0.4 is 14.8 Å². The van der Waals surface area contributed by atoms with Gasteiger partial charge in [-0.15, -0.1) is 0 Å². The number of benzene rings is 2. The van der Waals surface area contributed by atoms with Gasteiger partial charge >= 0.3 is 0 Å². The Labute approximate surface area is 220 Å². The number of thiocarbonyl (C=S) groups is 1. The molecule has 0 unspecified atom stereocenters. The fraction of sp³-hybridized carbons (Fsp3) is 0.261. The number of thioether (sulfide) groups is 1. The highest BCUT2D eigenvalue weighted by Gasteiger charge is 2.31. The Morgan fingerprint density at radius 2 is 2.06 bits per heavy atom. The highest BCUT2D eigenvalue weighted by atomic mass is 79.9. The van der Waals surface area contributed by atoms with E-state index in [4.69, 9.17) is 38.0 Å². The predicted molar refractivity (Wildman–Crippen MR) is 143 cm³/mol. The smallest absolute Gasteiger partial charge is 0.266 e. The normalized spacial score (nSPS) is 14.6. The van der Waals surface area contributed by atoms with Crippen molar-refractivity contribution >= 4 is 79.4 Å². The zero-order chi connectivity index (χ0) is 24.7. The van der Waals surface area contributed by atoms with Crippen molar-refractivity contribution in [2.45, 2.75) is 6.42 Å². The Bertz CT molecular complexity index is 1130. The first-order valence-electron chi connectivity index (χ1n) is 10.1. The van der Waals surface area contributed by atoms with Gasteiger partial charge in [0.1, 0.15) is 4.32 Å². The summed E-state index contributed by atoms with van der Waals surface area (Å²) in [7, 11) is 3.12. The van der Waals surface area contributed by atoms with E-state index in [9.17, 15) is 9.59 Å². The third-order valence-electron chi connectivity index (χ3n) is 4.65. The van der Waals surface area contributed by atoms with Gasteiger partial charge < -0.3 is 19.5 Å². The van der Waals surface area contributed by atoms with Crippen LogP contribution in [0.2, 0.25) is 5.02 Å². The summed E-state index contributed by atoms with van der Waals surface area (Å²) in [6.07, 6.45) is 2.45. The van der Waals surface area contributed by atoms with Crippen LogP contribution in [0.3, 0.4) is 0 Å². The van der Waals surface area contributed by atoms with Gasteiger partial charge in [-0.1, -0.05) is 47.7 Å². The zero-order valence-electron chi connectivity index (χ0n) is 18.4. The van der Waals surface area contributed by atoms with Crippen LogP contribution in [0.5, 0.6) is 11.5 Å². The van der Waals surface area contributed by atoms with Crippen LogP contribution in [0.15, 0.2) is 45.8 Å². The minimum Gasteiger partial charge on any atom is -0.493 e. The van der Waals surface area contributed by atoms with Crippen LogP contribution in [0.1, 0.15) is 12.0 Å². The number of nitrogens with zero attached hydrogens (tertiary/aromatic N) is 1. The first-order valence-corrected chi connectivity index (χ1v) is 12.5. The fourth-order valence-electron chi connectivity index (χ4n) is 3.06. The summed E-state index contributed by atoms with van der Waals surface area (Å²) in [5.41, 5.74) is 1.22. The summed E-state index contributed by atoms with van der Waals surface area (Å²) in [5, 5.41) is 3.14. The number of hydrogen-bond donors (Lipinski definition) is 1. The van der Waals surface area contributed by atoms with E-state index in [-0.39, 0.29) is 18.4 Å². The molecule has 34 heavy (non-hydrogen) atoms.